The quantitative estimate of drug-likeness (QED) is 0.536. The molecule has 2 aromatic rings. The molecule has 122 valence electrons. The molecule has 2 rings (SSSR count). The van der Waals surface area contributed by atoms with Crippen LogP contribution in [0.3, 0.4) is 0 Å². The highest BCUT2D eigenvalue weighted by Gasteiger charge is 2.10. The van der Waals surface area contributed by atoms with E-state index in [1.807, 2.05) is 4.90 Å². The van der Waals surface area contributed by atoms with Gasteiger partial charge < -0.3 is 0 Å². The van der Waals surface area contributed by atoms with Gasteiger partial charge in [0.05, 0.1) is 23.7 Å². The monoisotopic (exact) mass is 325 g/mol. The summed E-state index contributed by atoms with van der Waals surface area (Å²) in [5, 5.41) is 32.4. The fraction of sp³-hybridized carbons (Fsp3) is 0.333. The topological polar surface area (TPSA) is 125 Å². The maximum Gasteiger partial charge on any atom is 0.269 e. The van der Waals surface area contributed by atoms with Crippen molar-refractivity contribution in [3.8, 4) is 23.5 Å². The fourth-order valence-corrected chi connectivity index (χ4v) is 2.10. The molecule has 24 heavy (non-hydrogen) atoms. The molecule has 0 spiro atoms. The Bertz CT molecular complexity index is 752. The summed E-state index contributed by atoms with van der Waals surface area (Å²) in [6.07, 6.45) is 2.30. The van der Waals surface area contributed by atoms with Crippen LogP contribution >= 0.6 is 0 Å². The number of nitro benzene ring substituents is 1. The zero-order valence-electron chi connectivity index (χ0n) is 12.9. The molecule has 0 aliphatic heterocycles. The van der Waals surface area contributed by atoms with E-state index in [1.165, 1.54) is 12.1 Å². The number of rotatable bonds is 8. The number of nitro groups is 1. The lowest BCUT2D eigenvalue weighted by atomic mass is 10.2. The lowest BCUT2D eigenvalue weighted by Gasteiger charge is -2.19. The van der Waals surface area contributed by atoms with E-state index >= 15 is 0 Å². The first kappa shape index (κ1) is 17.1. The van der Waals surface area contributed by atoms with E-state index in [9.17, 15) is 10.1 Å². The molecule has 1 aromatic heterocycles. The minimum atomic E-state index is -0.460. The molecule has 0 unspecified atom stereocenters. The van der Waals surface area contributed by atoms with Gasteiger partial charge in [0, 0.05) is 43.6 Å². The van der Waals surface area contributed by atoms with Gasteiger partial charge in [-0.2, -0.15) is 10.5 Å². The van der Waals surface area contributed by atoms with Crippen LogP contribution < -0.4 is 0 Å². The molecule has 0 radical (unpaired) electrons. The summed E-state index contributed by atoms with van der Waals surface area (Å²) in [5.41, 5.74) is 0.692. The van der Waals surface area contributed by atoms with Crippen molar-refractivity contribution in [2.45, 2.75) is 19.5 Å². The minimum absolute atomic E-state index is 0.0114. The molecule has 9 nitrogen and oxygen atoms in total. The zero-order chi connectivity index (χ0) is 17.4. The molecule has 0 N–H and O–H groups in total. The van der Waals surface area contributed by atoms with Crippen molar-refractivity contribution >= 4 is 5.69 Å². The second-order valence-electron chi connectivity index (χ2n) is 4.99. The second kappa shape index (κ2) is 8.36. The summed E-state index contributed by atoms with van der Waals surface area (Å²) in [5.74, 6) is 0.463. The minimum Gasteiger partial charge on any atom is -0.282 e. The largest absolute Gasteiger partial charge is 0.282 e. The molecule has 0 saturated heterocycles. The number of nitriles is 2. The van der Waals surface area contributed by atoms with E-state index in [0.29, 0.717) is 44.0 Å². The van der Waals surface area contributed by atoms with Crippen LogP contribution in [-0.2, 0) is 6.67 Å². The van der Waals surface area contributed by atoms with Crippen molar-refractivity contribution in [3.63, 3.8) is 0 Å². The Balaban J connectivity index is 2.07. The Morgan fingerprint density at radius 1 is 1.17 bits per heavy atom. The summed E-state index contributed by atoms with van der Waals surface area (Å²) in [6.45, 7) is 1.51. The summed E-state index contributed by atoms with van der Waals surface area (Å²) in [7, 11) is 0. The first-order valence-electron chi connectivity index (χ1n) is 7.24. The lowest BCUT2D eigenvalue weighted by molar-refractivity contribution is -0.384. The standard InChI is InChI=1S/C15H15N7O2/c16-7-1-9-20(10-2-8-17)12-21-11-18-15(19-21)13-3-5-14(6-4-13)22(23)24/h3-6,11H,1-2,9-10,12H2. The number of hydrogen-bond donors (Lipinski definition) is 0. The van der Waals surface area contributed by atoms with Crippen LogP contribution in [0.2, 0.25) is 0 Å². The van der Waals surface area contributed by atoms with Gasteiger partial charge in [0.1, 0.15) is 6.33 Å². The SMILES string of the molecule is N#CCCN(CCC#N)Cn1cnc(-c2ccc([N+](=O)[O-])cc2)n1. The molecular formula is C15H15N7O2. The molecule has 1 heterocycles. The Labute approximate surface area is 138 Å². The van der Waals surface area contributed by atoms with E-state index < -0.39 is 4.92 Å². The number of benzene rings is 1. The number of hydrogen-bond acceptors (Lipinski definition) is 7. The van der Waals surface area contributed by atoms with Gasteiger partial charge in [0.25, 0.3) is 5.69 Å². The molecule has 0 bridgehead atoms. The first-order chi connectivity index (χ1) is 11.6. The van der Waals surface area contributed by atoms with E-state index in [0.717, 1.165) is 0 Å². The highest BCUT2D eigenvalue weighted by atomic mass is 16.6. The third kappa shape index (κ3) is 4.60. The van der Waals surface area contributed by atoms with Crippen LogP contribution in [0, 0.1) is 32.8 Å². The van der Waals surface area contributed by atoms with Crippen molar-refractivity contribution in [2.24, 2.45) is 0 Å². The van der Waals surface area contributed by atoms with Crippen LogP contribution in [0.5, 0.6) is 0 Å². The number of aromatic nitrogens is 3. The van der Waals surface area contributed by atoms with Gasteiger partial charge in [-0.05, 0) is 12.1 Å². The maximum absolute atomic E-state index is 10.7. The van der Waals surface area contributed by atoms with Crippen LogP contribution in [-0.4, -0.2) is 37.7 Å². The maximum atomic E-state index is 10.7. The molecule has 0 aliphatic rings. The van der Waals surface area contributed by atoms with E-state index in [1.54, 1.807) is 23.1 Å². The predicted octanol–water partition coefficient (Wildman–Crippen LogP) is 1.94. The van der Waals surface area contributed by atoms with Gasteiger partial charge >= 0.3 is 0 Å². The molecule has 0 fully saturated rings. The summed E-state index contributed by atoms with van der Waals surface area (Å²) >= 11 is 0. The van der Waals surface area contributed by atoms with Crippen molar-refractivity contribution in [1.29, 1.82) is 10.5 Å². The van der Waals surface area contributed by atoms with E-state index in [4.69, 9.17) is 10.5 Å². The zero-order valence-corrected chi connectivity index (χ0v) is 12.9. The average Bonchev–Trinajstić information content (AvgIpc) is 3.06. The van der Waals surface area contributed by atoms with Crippen molar-refractivity contribution in [1.82, 2.24) is 19.7 Å². The van der Waals surface area contributed by atoms with E-state index in [2.05, 4.69) is 22.2 Å². The number of nitrogens with zero attached hydrogens (tertiary/aromatic N) is 7. The van der Waals surface area contributed by atoms with Crippen LogP contribution in [0.4, 0.5) is 5.69 Å². The molecular weight excluding hydrogens is 310 g/mol. The van der Waals surface area contributed by atoms with Crippen LogP contribution in [0.25, 0.3) is 11.4 Å². The second-order valence-corrected chi connectivity index (χ2v) is 4.99. The van der Waals surface area contributed by atoms with Crippen molar-refractivity contribution in [3.05, 3.63) is 40.7 Å². The molecule has 0 amide bonds. The van der Waals surface area contributed by atoms with E-state index in [-0.39, 0.29) is 5.69 Å². The third-order valence-corrected chi connectivity index (χ3v) is 3.30. The summed E-state index contributed by atoms with van der Waals surface area (Å²) in [4.78, 5) is 16.4. The predicted molar refractivity (Wildman–Crippen MR) is 84.1 cm³/mol. The molecule has 1 aromatic carbocycles. The Morgan fingerprint density at radius 2 is 1.79 bits per heavy atom. The van der Waals surface area contributed by atoms with Gasteiger partial charge in [0.2, 0.25) is 0 Å². The van der Waals surface area contributed by atoms with Gasteiger partial charge in [-0.3, -0.25) is 15.0 Å². The van der Waals surface area contributed by atoms with Crippen molar-refractivity contribution < 1.29 is 4.92 Å². The first-order valence-corrected chi connectivity index (χ1v) is 7.24. The highest BCUT2D eigenvalue weighted by Crippen LogP contribution is 2.18. The number of non-ortho nitro benzene ring substituents is 1. The van der Waals surface area contributed by atoms with Crippen LogP contribution in [0.1, 0.15) is 12.8 Å². The molecule has 9 heteroatoms. The average molecular weight is 325 g/mol. The Morgan fingerprint density at radius 3 is 2.33 bits per heavy atom. The van der Waals surface area contributed by atoms with Crippen molar-refractivity contribution in [2.75, 3.05) is 13.1 Å². The molecule has 0 saturated carbocycles. The Hall–Kier alpha value is -3.30. The van der Waals surface area contributed by atoms with Gasteiger partial charge in [-0.25, -0.2) is 9.67 Å². The smallest absolute Gasteiger partial charge is 0.269 e. The Kier molecular flexibility index (Phi) is 5.95. The molecule has 0 atom stereocenters. The van der Waals surface area contributed by atoms with Gasteiger partial charge in [0.15, 0.2) is 5.82 Å². The fourth-order valence-electron chi connectivity index (χ4n) is 2.10. The lowest BCUT2D eigenvalue weighted by Crippen LogP contribution is -2.28. The van der Waals surface area contributed by atoms with Gasteiger partial charge in [-0.15, -0.1) is 5.10 Å². The highest BCUT2D eigenvalue weighted by molar-refractivity contribution is 5.56. The van der Waals surface area contributed by atoms with Gasteiger partial charge in [-0.1, -0.05) is 0 Å². The van der Waals surface area contributed by atoms with Crippen LogP contribution in [0.15, 0.2) is 30.6 Å². The third-order valence-electron chi connectivity index (χ3n) is 3.30. The molecule has 0 aliphatic carbocycles. The summed E-state index contributed by atoms with van der Waals surface area (Å²) in [6, 6.07) is 10.2. The summed E-state index contributed by atoms with van der Waals surface area (Å²) < 4.78 is 1.62. The normalized spacial score (nSPS) is 10.3.